The van der Waals surface area contributed by atoms with E-state index in [0.717, 1.165) is 18.7 Å². The van der Waals surface area contributed by atoms with Crippen molar-refractivity contribution >= 4 is 17.3 Å². The van der Waals surface area contributed by atoms with Gasteiger partial charge in [0.15, 0.2) is 0 Å². The van der Waals surface area contributed by atoms with Gasteiger partial charge in [0.2, 0.25) is 0 Å². The van der Waals surface area contributed by atoms with Crippen molar-refractivity contribution in [2.75, 3.05) is 38.0 Å². The summed E-state index contributed by atoms with van der Waals surface area (Å²) in [6, 6.07) is 5.26. The van der Waals surface area contributed by atoms with Crippen LogP contribution in [0.5, 0.6) is 0 Å². The molecule has 0 aliphatic carbocycles. The third-order valence-electron chi connectivity index (χ3n) is 2.68. The van der Waals surface area contributed by atoms with Crippen LogP contribution in [0.1, 0.15) is 16.8 Å². The molecule has 0 unspecified atom stereocenters. The van der Waals surface area contributed by atoms with Crippen LogP contribution >= 0.6 is 0 Å². The molecule has 0 bridgehead atoms. The summed E-state index contributed by atoms with van der Waals surface area (Å²) in [7, 11) is 3.46. The van der Waals surface area contributed by atoms with Gasteiger partial charge in [0, 0.05) is 26.3 Å². The van der Waals surface area contributed by atoms with Gasteiger partial charge in [0.25, 0.3) is 5.91 Å². The highest BCUT2D eigenvalue weighted by Crippen LogP contribution is 2.27. The Labute approximate surface area is 101 Å². The quantitative estimate of drug-likeness (QED) is 0.780. The first-order valence-electron chi connectivity index (χ1n) is 5.61. The normalized spacial score (nSPS) is 15.1. The molecular weight excluding hydrogens is 218 g/mol. The minimum Gasteiger partial charge on any atom is -0.399 e. The lowest BCUT2D eigenvalue weighted by Crippen LogP contribution is -2.26. The fraction of sp³-hybridized carbons (Fsp3) is 0.417. The van der Waals surface area contributed by atoms with Gasteiger partial charge in [-0.15, -0.1) is 0 Å². The lowest BCUT2D eigenvalue weighted by Gasteiger charge is -2.21. The Kier molecular flexibility index (Phi) is 3.19. The van der Waals surface area contributed by atoms with Crippen LogP contribution in [0, 0.1) is 0 Å². The number of benzene rings is 1. The number of carbonyl (C=O) groups excluding carboxylic acids is 1. The fourth-order valence-electron chi connectivity index (χ4n) is 1.81. The van der Waals surface area contributed by atoms with Crippen LogP contribution < -0.4 is 10.8 Å². The molecule has 5 nitrogen and oxygen atoms in total. The molecule has 1 amide bonds. The summed E-state index contributed by atoms with van der Waals surface area (Å²) in [4.78, 5) is 19.1. The van der Waals surface area contributed by atoms with E-state index in [4.69, 9.17) is 10.6 Å². The van der Waals surface area contributed by atoms with Crippen molar-refractivity contribution < 1.29 is 9.63 Å². The average Bonchev–Trinajstić information content (AvgIpc) is 2.81. The molecule has 0 aromatic heterocycles. The average molecular weight is 235 g/mol. The number of hydrogen-bond acceptors (Lipinski definition) is 4. The van der Waals surface area contributed by atoms with E-state index in [-0.39, 0.29) is 5.91 Å². The molecule has 1 aliphatic heterocycles. The predicted octanol–water partition coefficient (Wildman–Crippen LogP) is 1.11. The molecule has 2 N–H and O–H groups in total. The van der Waals surface area contributed by atoms with Crippen LogP contribution in [0.4, 0.5) is 11.4 Å². The van der Waals surface area contributed by atoms with Crippen molar-refractivity contribution in [3.8, 4) is 0 Å². The topological polar surface area (TPSA) is 58.8 Å². The molecule has 0 saturated carbocycles. The number of carbonyl (C=O) groups is 1. The fourth-order valence-corrected chi connectivity index (χ4v) is 1.81. The van der Waals surface area contributed by atoms with Crippen molar-refractivity contribution in [1.82, 2.24) is 4.90 Å². The van der Waals surface area contributed by atoms with Crippen molar-refractivity contribution in [3.05, 3.63) is 23.8 Å². The first kappa shape index (κ1) is 11.7. The van der Waals surface area contributed by atoms with Crippen LogP contribution in [0.15, 0.2) is 18.2 Å². The van der Waals surface area contributed by atoms with Crippen molar-refractivity contribution in [1.29, 1.82) is 0 Å². The van der Waals surface area contributed by atoms with Gasteiger partial charge < -0.3 is 10.6 Å². The molecule has 1 aromatic rings. The molecule has 1 fully saturated rings. The summed E-state index contributed by atoms with van der Waals surface area (Å²) in [5, 5.41) is 1.74. The van der Waals surface area contributed by atoms with Gasteiger partial charge >= 0.3 is 0 Å². The molecule has 17 heavy (non-hydrogen) atoms. The Morgan fingerprint density at radius 3 is 2.82 bits per heavy atom. The summed E-state index contributed by atoms with van der Waals surface area (Å²) >= 11 is 0. The van der Waals surface area contributed by atoms with Gasteiger partial charge in [-0.1, -0.05) is 0 Å². The molecule has 1 saturated heterocycles. The third-order valence-corrected chi connectivity index (χ3v) is 2.68. The number of amides is 1. The van der Waals surface area contributed by atoms with Crippen LogP contribution in [0.3, 0.4) is 0 Å². The van der Waals surface area contributed by atoms with Crippen LogP contribution in [-0.2, 0) is 4.84 Å². The van der Waals surface area contributed by atoms with E-state index in [9.17, 15) is 4.79 Å². The summed E-state index contributed by atoms with van der Waals surface area (Å²) in [5.41, 5.74) is 7.76. The second-order valence-corrected chi connectivity index (χ2v) is 4.27. The number of rotatable bonds is 2. The van der Waals surface area contributed by atoms with Gasteiger partial charge in [-0.2, -0.15) is 0 Å². The molecule has 0 atom stereocenters. The summed E-state index contributed by atoms with van der Waals surface area (Å²) < 4.78 is 0. The number of nitrogen functional groups attached to an aromatic ring is 1. The number of anilines is 2. The SMILES string of the molecule is CN(C)C(=O)c1ccc(N)cc1N1CCCO1. The highest BCUT2D eigenvalue weighted by atomic mass is 16.7. The number of hydroxylamine groups is 1. The molecule has 92 valence electrons. The standard InChI is InChI=1S/C12H17N3O2/c1-14(2)12(16)10-5-4-9(13)8-11(10)15-6-3-7-17-15/h4-5,8H,3,6-7,13H2,1-2H3. The Bertz CT molecular complexity index is 426. The summed E-state index contributed by atoms with van der Waals surface area (Å²) in [5.74, 6) is -0.0458. The zero-order valence-electron chi connectivity index (χ0n) is 10.1. The maximum Gasteiger partial charge on any atom is 0.255 e. The van der Waals surface area contributed by atoms with Crippen molar-refractivity contribution in [2.24, 2.45) is 0 Å². The van der Waals surface area contributed by atoms with Crippen LogP contribution in [0.2, 0.25) is 0 Å². The third kappa shape index (κ3) is 2.34. The van der Waals surface area contributed by atoms with Gasteiger partial charge in [-0.3, -0.25) is 14.7 Å². The van der Waals surface area contributed by atoms with E-state index in [0.29, 0.717) is 17.9 Å². The summed E-state index contributed by atoms with van der Waals surface area (Å²) in [6.45, 7) is 1.47. The second kappa shape index (κ2) is 4.63. The van der Waals surface area contributed by atoms with Crippen molar-refractivity contribution in [2.45, 2.75) is 6.42 Å². The minimum atomic E-state index is -0.0458. The molecule has 2 rings (SSSR count). The van der Waals surface area contributed by atoms with Gasteiger partial charge in [0.05, 0.1) is 17.9 Å². The largest absolute Gasteiger partial charge is 0.399 e. The Morgan fingerprint density at radius 2 is 2.24 bits per heavy atom. The molecular formula is C12H17N3O2. The van der Waals surface area contributed by atoms with E-state index in [1.807, 2.05) is 0 Å². The molecule has 0 spiro atoms. The van der Waals surface area contributed by atoms with Gasteiger partial charge in [0.1, 0.15) is 0 Å². The zero-order chi connectivity index (χ0) is 12.4. The molecule has 1 aliphatic rings. The first-order chi connectivity index (χ1) is 8.09. The first-order valence-corrected chi connectivity index (χ1v) is 5.61. The molecule has 1 heterocycles. The minimum absolute atomic E-state index is 0.0458. The Morgan fingerprint density at radius 1 is 1.47 bits per heavy atom. The highest BCUT2D eigenvalue weighted by Gasteiger charge is 2.21. The lowest BCUT2D eigenvalue weighted by atomic mass is 10.1. The van der Waals surface area contributed by atoms with Crippen LogP contribution in [0.25, 0.3) is 0 Å². The second-order valence-electron chi connectivity index (χ2n) is 4.27. The van der Waals surface area contributed by atoms with Crippen LogP contribution in [-0.4, -0.2) is 38.1 Å². The highest BCUT2D eigenvalue weighted by molar-refractivity contribution is 6.00. The Balaban J connectivity index is 2.40. The zero-order valence-corrected chi connectivity index (χ0v) is 10.1. The number of hydrogen-bond donors (Lipinski definition) is 1. The molecule has 0 radical (unpaired) electrons. The van der Waals surface area contributed by atoms with Crippen molar-refractivity contribution in [3.63, 3.8) is 0 Å². The van der Waals surface area contributed by atoms with E-state index < -0.39 is 0 Å². The lowest BCUT2D eigenvalue weighted by molar-refractivity contribution is 0.0825. The van der Waals surface area contributed by atoms with E-state index in [2.05, 4.69) is 0 Å². The maximum absolute atomic E-state index is 12.0. The van der Waals surface area contributed by atoms with Gasteiger partial charge in [-0.05, 0) is 24.6 Å². The Hall–Kier alpha value is -1.75. The van der Waals surface area contributed by atoms with E-state index in [1.165, 1.54) is 0 Å². The molecule has 5 heteroatoms. The van der Waals surface area contributed by atoms with E-state index in [1.54, 1.807) is 42.3 Å². The number of nitrogens with two attached hydrogens (primary N) is 1. The monoisotopic (exact) mass is 235 g/mol. The maximum atomic E-state index is 12.0. The summed E-state index contributed by atoms with van der Waals surface area (Å²) in [6.07, 6.45) is 0.963. The van der Waals surface area contributed by atoms with Gasteiger partial charge in [-0.25, -0.2) is 0 Å². The molecule has 1 aromatic carbocycles. The predicted molar refractivity (Wildman–Crippen MR) is 66.8 cm³/mol. The number of nitrogens with zero attached hydrogens (tertiary/aromatic N) is 2. The smallest absolute Gasteiger partial charge is 0.255 e. The van der Waals surface area contributed by atoms with E-state index >= 15 is 0 Å².